The van der Waals surface area contributed by atoms with Gasteiger partial charge in [0.25, 0.3) is 0 Å². The Bertz CT molecular complexity index is 413. The summed E-state index contributed by atoms with van der Waals surface area (Å²) in [4.78, 5) is 4.79. The SMILES string of the molecule is COc1ccc(C(O)CCN(C)C2CCN(C)CC2)cc1. The summed E-state index contributed by atoms with van der Waals surface area (Å²) in [7, 11) is 6.02. The van der Waals surface area contributed by atoms with Crippen molar-refractivity contribution in [2.75, 3.05) is 40.8 Å². The fourth-order valence-corrected chi connectivity index (χ4v) is 2.94. The first kappa shape index (κ1) is 16.3. The van der Waals surface area contributed by atoms with Gasteiger partial charge in [-0.1, -0.05) is 12.1 Å². The van der Waals surface area contributed by atoms with Crippen molar-refractivity contribution in [3.63, 3.8) is 0 Å². The van der Waals surface area contributed by atoms with E-state index in [0.29, 0.717) is 6.04 Å². The van der Waals surface area contributed by atoms with E-state index in [1.54, 1.807) is 7.11 Å². The number of likely N-dealkylation sites (tertiary alicyclic amines) is 1. The van der Waals surface area contributed by atoms with Gasteiger partial charge in [-0.15, -0.1) is 0 Å². The van der Waals surface area contributed by atoms with Crippen LogP contribution in [0.5, 0.6) is 5.75 Å². The first-order chi connectivity index (χ1) is 10.1. The molecule has 1 aromatic carbocycles. The second-order valence-electron chi connectivity index (χ2n) is 6.09. The molecule has 1 atom stereocenters. The minimum Gasteiger partial charge on any atom is -0.497 e. The molecule has 1 unspecified atom stereocenters. The van der Waals surface area contributed by atoms with Gasteiger partial charge in [-0.2, -0.15) is 0 Å². The van der Waals surface area contributed by atoms with Crippen molar-refractivity contribution in [3.05, 3.63) is 29.8 Å². The molecule has 0 bridgehead atoms. The maximum Gasteiger partial charge on any atom is 0.118 e. The molecule has 2 rings (SSSR count). The summed E-state index contributed by atoms with van der Waals surface area (Å²) in [6, 6.07) is 8.35. The quantitative estimate of drug-likeness (QED) is 0.871. The van der Waals surface area contributed by atoms with Gasteiger partial charge >= 0.3 is 0 Å². The Labute approximate surface area is 128 Å². The predicted molar refractivity (Wildman–Crippen MR) is 85.7 cm³/mol. The Kier molecular flexibility index (Phi) is 6.03. The Morgan fingerprint density at radius 3 is 2.48 bits per heavy atom. The summed E-state index contributed by atoms with van der Waals surface area (Å²) >= 11 is 0. The minimum absolute atomic E-state index is 0.398. The third-order valence-electron chi connectivity index (χ3n) is 4.57. The Hall–Kier alpha value is -1.10. The molecule has 1 aliphatic heterocycles. The highest BCUT2D eigenvalue weighted by Gasteiger charge is 2.21. The molecule has 118 valence electrons. The van der Waals surface area contributed by atoms with Gasteiger partial charge in [0.2, 0.25) is 0 Å². The van der Waals surface area contributed by atoms with Crippen molar-refractivity contribution in [1.82, 2.24) is 9.80 Å². The zero-order valence-electron chi connectivity index (χ0n) is 13.5. The van der Waals surface area contributed by atoms with Crippen LogP contribution >= 0.6 is 0 Å². The summed E-state index contributed by atoms with van der Waals surface area (Å²) in [6.07, 6.45) is 2.83. The normalized spacial score (nSPS) is 18.9. The van der Waals surface area contributed by atoms with Crippen molar-refractivity contribution in [1.29, 1.82) is 0 Å². The van der Waals surface area contributed by atoms with Gasteiger partial charge < -0.3 is 19.6 Å². The van der Waals surface area contributed by atoms with Gasteiger partial charge in [0.1, 0.15) is 5.75 Å². The molecule has 4 nitrogen and oxygen atoms in total. The molecular weight excluding hydrogens is 264 g/mol. The van der Waals surface area contributed by atoms with Crippen LogP contribution in [0.3, 0.4) is 0 Å². The first-order valence-electron chi connectivity index (χ1n) is 7.81. The largest absolute Gasteiger partial charge is 0.497 e. The van der Waals surface area contributed by atoms with Crippen LogP contribution < -0.4 is 4.74 Å². The zero-order chi connectivity index (χ0) is 15.2. The molecule has 0 amide bonds. The van der Waals surface area contributed by atoms with E-state index in [0.717, 1.165) is 24.3 Å². The lowest BCUT2D eigenvalue weighted by Gasteiger charge is -2.35. The lowest BCUT2D eigenvalue weighted by molar-refractivity contribution is 0.110. The van der Waals surface area contributed by atoms with Crippen LogP contribution in [0.4, 0.5) is 0 Å². The van der Waals surface area contributed by atoms with E-state index < -0.39 is 6.10 Å². The molecule has 0 aliphatic carbocycles. The van der Waals surface area contributed by atoms with Gasteiger partial charge in [-0.25, -0.2) is 0 Å². The number of methoxy groups -OCH3 is 1. The second kappa shape index (κ2) is 7.78. The molecule has 4 heteroatoms. The second-order valence-corrected chi connectivity index (χ2v) is 6.09. The average molecular weight is 292 g/mol. The summed E-state index contributed by atoms with van der Waals surface area (Å²) in [5, 5.41) is 10.3. The van der Waals surface area contributed by atoms with Crippen molar-refractivity contribution in [2.45, 2.75) is 31.4 Å². The number of rotatable bonds is 6. The highest BCUT2D eigenvalue weighted by Crippen LogP contribution is 2.21. The fourth-order valence-electron chi connectivity index (χ4n) is 2.94. The molecule has 1 aliphatic rings. The topological polar surface area (TPSA) is 35.9 Å². The van der Waals surface area contributed by atoms with Crippen molar-refractivity contribution in [3.8, 4) is 5.75 Å². The van der Waals surface area contributed by atoms with Crippen LogP contribution in [0.1, 0.15) is 30.9 Å². The smallest absolute Gasteiger partial charge is 0.118 e. The molecule has 0 spiro atoms. The standard InChI is InChI=1S/C17H28N2O2/c1-18-11-8-15(9-12-18)19(2)13-10-17(20)14-4-6-16(21-3)7-5-14/h4-7,15,17,20H,8-13H2,1-3H3. The molecule has 1 saturated heterocycles. The number of benzene rings is 1. The van der Waals surface area contributed by atoms with Gasteiger partial charge in [-0.3, -0.25) is 0 Å². The number of piperidine rings is 1. The van der Waals surface area contributed by atoms with Crippen molar-refractivity contribution in [2.24, 2.45) is 0 Å². The van der Waals surface area contributed by atoms with Crippen LogP contribution in [0, 0.1) is 0 Å². The third kappa shape index (κ3) is 4.70. The number of hydrogen-bond acceptors (Lipinski definition) is 4. The van der Waals surface area contributed by atoms with E-state index in [1.165, 1.54) is 25.9 Å². The molecule has 0 aromatic heterocycles. The maximum atomic E-state index is 10.3. The minimum atomic E-state index is -0.398. The summed E-state index contributed by atoms with van der Waals surface area (Å²) < 4.78 is 5.14. The first-order valence-corrected chi connectivity index (χ1v) is 7.81. The van der Waals surface area contributed by atoms with Crippen LogP contribution in [0.2, 0.25) is 0 Å². The van der Waals surface area contributed by atoms with E-state index in [2.05, 4.69) is 23.9 Å². The fraction of sp³-hybridized carbons (Fsp3) is 0.647. The highest BCUT2D eigenvalue weighted by molar-refractivity contribution is 5.28. The number of nitrogens with zero attached hydrogens (tertiary/aromatic N) is 2. The third-order valence-corrected chi connectivity index (χ3v) is 4.57. The molecule has 1 N–H and O–H groups in total. The Balaban J connectivity index is 1.78. The van der Waals surface area contributed by atoms with Crippen LogP contribution in [0.25, 0.3) is 0 Å². The van der Waals surface area contributed by atoms with Gasteiger partial charge in [-0.05, 0) is 64.1 Å². The van der Waals surface area contributed by atoms with Crippen molar-refractivity contribution >= 4 is 0 Å². The highest BCUT2D eigenvalue weighted by atomic mass is 16.5. The number of aliphatic hydroxyl groups is 1. The van der Waals surface area contributed by atoms with Crippen molar-refractivity contribution < 1.29 is 9.84 Å². The van der Waals surface area contributed by atoms with Crippen LogP contribution in [-0.2, 0) is 0 Å². The number of hydrogen-bond donors (Lipinski definition) is 1. The van der Waals surface area contributed by atoms with E-state index in [-0.39, 0.29) is 0 Å². The molecule has 1 aromatic rings. The number of ether oxygens (including phenoxy) is 1. The van der Waals surface area contributed by atoms with E-state index in [9.17, 15) is 5.11 Å². The number of aliphatic hydroxyl groups excluding tert-OH is 1. The summed E-state index contributed by atoms with van der Waals surface area (Å²) in [6.45, 7) is 3.29. The lowest BCUT2D eigenvalue weighted by atomic mass is 10.0. The molecule has 0 radical (unpaired) electrons. The molecule has 0 saturated carbocycles. The summed E-state index contributed by atoms with van der Waals surface area (Å²) in [5.74, 6) is 0.828. The average Bonchev–Trinajstić information content (AvgIpc) is 2.53. The van der Waals surface area contributed by atoms with E-state index in [4.69, 9.17) is 4.74 Å². The Morgan fingerprint density at radius 2 is 1.90 bits per heavy atom. The molecule has 21 heavy (non-hydrogen) atoms. The molecule has 1 fully saturated rings. The predicted octanol–water partition coefficient (Wildman–Crippen LogP) is 2.14. The van der Waals surface area contributed by atoms with Gasteiger partial charge in [0.05, 0.1) is 13.2 Å². The van der Waals surface area contributed by atoms with E-state index >= 15 is 0 Å². The monoisotopic (exact) mass is 292 g/mol. The molecular formula is C17H28N2O2. The van der Waals surface area contributed by atoms with Gasteiger partial charge in [0, 0.05) is 12.6 Å². The summed E-state index contributed by atoms with van der Waals surface area (Å²) in [5.41, 5.74) is 0.965. The molecule has 1 heterocycles. The van der Waals surface area contributed by atoms with E-state index in [1.807, 2.05) is 24.3 Å². The van der Waals surface area contributed by atoms with Crippen LogP contribution in [-0.4, -0.2) is 61.8 Å². The maximum absolute atomic E-state index is 10.3. The van der Waals surface area contributed by atoms with Crippen LogP contribution in [0.15, 0.2) is 24.3 Å². The van der Waals surface area contributed by atoms with Gasteiger partial charge in [0.15, 0.2) is 0 Å². The Morgan fingerprint density at radius 1 is 1.29 bits per heavy atom. The zero-order valence-corrected chi connectivity index (χ0v) is 13.5. The lowest BCUT2D eigenvalue weighted by Crippen LogP contribution is -2.42.